The molecule has 0 aromatic heterocycles. The number of carbonyl (C=O) groups is 1. The fourth-order valence-corrected chi connectivity index (χ4v) is 1.76. The lowest BCUT2D eigenvalue weighted by Gasteiger charge is -2.04. The number of nitrogens with one attached hydrogen (secondary N) is 1. The van der Waals surface area contributed by atoms with Crippen LogP contribution in [0.5, 0.6) is 0 Å². The molecule has 0 heterocycles. The fourth-order valence-electron chi connectivity index (χ4n) is 0.886. The van der Waals surface area contributed by atoms with Crippen molar-refractivity contribution in [2.45, 2.75) is 4.90 Å². The second-order valence-corrected chi connectivity index (χ2v) is 3.59. The van der Waals surface area contributed by atoms with Gasteiger partial charge in [0.1, 0.15) is 0 Å². The zero-order valence-corrected chi connectivity index (χ0v) is 8.58. The number of hydrogen-bond acceptors (Lipinski definition) is 2. The van der Waals surface area contributed by atoms with E-state index in [2.05, 4.69) is 5.32 Å². The van der Waals surface area contributed by atoms with Gasteiger partial charge in [0, 0.05) is 10.6 Å². The number of benzene rings is 1. The van der Waals surface area contributed by atoms with E-state index >= 15 is 0 Å². The summed E-state index contributed by atoms with van der Waals surface area (Å²) in [5, 5.41) is 3.05. The molecule has 0 atom stereocenters. The molecule has 1 aromatic carbocycles. The van der Waals surface area contributed by atoms with E-state index in [9.17, 15) is 4.79 Å². The van der Waals surface area contributed by atoms with Crippen LogP contribution < -0.4 is 11.1 Å². The predicted octanol–water partition coefficient (Wildman–Crippen LogP) is 2.55. The molecule has 0 spiro atoms. The van der Waals surface area contributed by atoms with Crippen LogP contribution in [0.15, 0.2) is 23.1 Å². The van der Waals surface area contributed by atoms with Crippen molar-refractivity contribution in [1.29, 1.82) is 0 Å². The summed E-state index contributed by atoms with van der Waals surface area (Å²) in [6.45, 7) is 0. The lowest BCUT2D eigenvalue weighted by molar-refractivity contribution is 0.259. The van der Waals surface area contributed by atoms with E-state index in [0.717, 1.165) is 4.90 Å². The Morgan fingerprint density at radius 3 is 2.77 bits per heavy atom. The van der Waals surface area contributed by atoms with Gasteiger partial charge in [-0.2, -0.15) is 0 Å². The van der Waals surface area contributed by atoms with Crippen LogP contribution in [-0.4, -0.2) is 12.3 Å². The second-order valence-electron chi connectivity index (χ2n) is 2.34. The summed E-state index contributed by atoms with van der Waals surface area (Å²) in [6.07, 6.45) is 1.93. The Kier molecular flexibility index (Phi) is 3.45. The van der Waals surface area contributed by atoms with Crippen LogP contribution in [0, 0.1) is 0 Å². The van der Waals surface area contributed by atoms with Gasteiger partial charge in [-0.3, -0.25) is 0 Å². The zero-order valence-electron chi connectivity index (χ0n) is 7.00. The Labute approximate surface area is 85.6 Å². The number of carbonyl (C=O) groups excluding carboxylic acids is 1. The molecule has 2 amide bonds. The maximum Gasteiger partial charge on any atom is 0.316 e. The Morgan fingerprint density at radius 2 is 2.31 bits per heavy atom. The van der Waals surface area contributed by atoms with E-state index in [0.29, 0.717) is 10.7 Å². The van der Waals surface area contributed by atoms with Gasteiger partial charge < -0.3 is 11.1 Å². The topological polar surface area (TPSA) is 55.1 Å². The first-order valence-electron chi connectivity index (χ1n) is 3.53. The van der Waals surface area contributed by atoms with Crippen molar-refractivity contribution in [3.8, 4) is 0 Å². The van der Waals surface area contributed by atoms with Gasteiger partial charge in [0.2, 0.25) is 0 Å². The summed E-state index contributed by atoms with van der Waals surface area (Å²) < 4.78 is 0. The van der Waals surface area contributed by atoms with E-state index in [1.807, 2.05) is 12.3 Å². The van der Waals surface area contributed by atoms with Crippen LogP contribution in [0.2, 0.25) is 5.02 Å². The third-order valence-electron chi connectivity index (χ3n) is 1.42. The molecule has 0 fully saturated rings. The summed E-state index contributed by atoms with van der Waals surface area (Å²) in [5.74, 6) is 0. The van der Waals surface area contributed by atoms with E-state index in [-0.39, 0.29) is 0 Å². The maximum atomic E-state index is 10.5. The standard InChI is InChI=1S/C8H9ClN2OS/c1-13-7-3-2-5(4-6(7)9)11-8(10)12/h2-4H,1H3,(H3,10,11,12). The molecule has 3 N–H and O–H groups in total. The first kappa shape index (κ1) is 10.2. The quantitative estimate of drug-likeness (QED) is 0.747. The third kappa shape index (κ3) is 2.82. The molecule has 1 rings (SSSR count). The van der Waals surface area contributed by atoms with Crippen LogP contribution in [0.1, 0.15) is 0 Å². The van der Waals surface area contributed by atoms with Crippen LogP contribution in [0.4, 0.5) is 10.5 Å². The first-order chi connectivity index (χ1) is 6.13. The summed E-state index contributed by atoms with van der Waals surface area (Å²) in [4.78, 5) is 11.5. The lowest BCUT2D eigenvalue weighted by Crippen LogP contribution is -2.19. The van der Waals surface area contributed by atoms with Crippen LogP contribution >= 0.6 is 23.4 Å². The third-order valence-corrected chi connectivity index (χ3v) is 2.64. The van der Waals surface area contributed by atoms with Crippen LogP contribution in [0.25, 0.3) is 0 Å². The molecule has 0 radical (unpaired) electrons. The fraction of sp³-hybridized carbons (Fsp3) is 0.125. The molecule has 0 unspecified atom stereocenters. The molecule has 5 heteroatoms. The number of urea groups is 1. The van der Waals surface area contributed by atoms with Gasteiger partial charge in [-0.1, -0.05) is 11.6 Å². The Hall–Kier alpha value is -0.870. The Bertz CT molecular complexity index is 330. The normalized spacial score (nSPS) is 9.69. The molecule has 0 aliphatic heterocycles. The smallest absolute Gasteiger partial charge is 0.316 e. The van der Waals surface area contributed by atoms with Gasteiger partial charge in [0.05, 0.1) is 5.02 Å². The lowest BCUT2D eigenvalue weighted by atomic mass is 10.3. The van der Waals surface area contributed by atoms with Crippen molar-refractivity contribution in [3.05, 3.63) is 23.2 Å². The highest BCUT2D eigenvalue weighted by molar-refractivity contribution is 7.98. The SMILES string of the molecule is CSc1ccc(NC(N)=O)cc1Cl. The molecule has 0 aliphatic carbocycles. The van der Waals surface area contributed by atoms with E-state index < -0.39 is 6.03 Å². The largest absolute Gasteiger partial charge is 0.351 e. The molecular formula is C8H9ClN2OS. The van der Waals surface area contributed by atoms with Crippen molar-refractivity contribution in [2.24, 2.45) is 5.73 Å². The highest BCUT2D eigenvalue weighted by atomic mass is 35.5. The predicted molar refractivity (Wildman–Crippen MR) is 56.4 cm³/mol. The molecule has 0 saturated heterocycles. The van der Waals surface area contributed by atoms with Gasteiger partial charge in [-0.05, 0) is 24.5 Å². The molecule has 0 saturated carbocycles. The number of anilines is 1. The van der Waals surface area contributed by atoms with E-state index in [1.54, 1.807) is 23.9 Å². The summed E-state index contributed by atoms with van der Waals surface area (Å²) in [7, 11) is 0. The Morgan fingerprint density at radius 1 is 1.62 bits per heavy atom. The summed E-state index contributed by atoms with van der Waals surface area (Å²) in [5.41, 5.74) is 5.55. The number of rotatable bonds is 2. The number of amides is 2. The molecule has 0 bridgehead atoms. The molecule has 1 aromatic rings. The van der Waals surface area contributed by atoms with Crippen molar-refractivity contribution in [3.63, 3.8) is 0 Å². The van der Waals surface area contributed by atoms with Gasteiger partial charge in [0.25, 0.3) is 0 Å². The van der Waals surface area contributed by atoms with Gasteiger partial charge >= 0.3 is 6.03 Å². The minimum Gasteiger partial charge on any atom is -0.351 e. The molecule has 13 heavy (non-hydrogen) atoms. The number of halogens is 1. The first-order valence-corrected chi connectivity index (χ1v) is 5.13. The number of hydrogen-bond donors (Lipinski definition) is 2. The van der Waals surface area contributed by atoms with Crippen molar-refractivity contribution in [2.75, 3.05) is 11.6 Å². The second kappa shape index (κ2) is 4.39. The van der Waals surface area contributed by atoms with Crippen LogP contribution in [-0.2, 0) is 0 Å². The van der Waals surface area contributed by atoms with Gasteiger partial charge in [-0.15, -0.1) is 11.8 Å². The number of nitrogens with two attached hydrogens (primary N) is 1. The Balaban J connectivity index is 2.89. The van der Waals surface area contributed by atoms with Crippen molar-refractivity contribution in [1.82, 2.24) is 0 Å². The molecule has 3 nitrogen and oxygen atoms in total. The summed E-state index contributed by atoms with van der Waals surface area (Å²) >= 11 is 7.45. The number of thioether (sulfide) groups is 1. The van der Waals surface area contributed by atoms with Gasteiger partial charge in [0.15, 0.2) is 0 Å². The maximum absolute atomic E-state index is 10.5. The average Bonchev–Trinajstić information content (AvgIpc) is 2.03. The van der Waals surface area contributed by atoms with Crippen LogP contribution in [0.3, 0.4) is 0 Å². The monoisotopic (exact) mass is 216 g/mol. The summed E-state index contributed by atoms with van der Waals surface area (Å²) in [6, 6.07) is 4.66. The molecule has 0 aliphatic rings. The minimum absolute atomic E-state index is 0.590. The highest BCUT2D eigenvalue weighted by Gasteiger charge is 2.01. The van der Waals surface area contributed by atoms with Crippen molar-refractivity contribution < 1.29 is 4.79 Å². The van der Waals surface area contributed by atoms with Gasteiger partial charge in [-0.25, -0.2) is 4.79 Å². The van der Waals surface area contributed by atoms with Crippen molar-refractivity contribution >= 4 is 35.1 Å². The minimum atomic E-state index is -0.590. The number of primary amides is 1. The van der Waals surface area contributed by atoms with E-state index in [4.69, 9.17) is 17.3 Å². The molecule has 70 valence electrons. The zero-order chi connectivity index (χ0) is 9.84. The average molecular weight is 217 g/mol. The highest BCUT2D eigenvalue weighted by Crippen LogP contribution is 2.27. The molecular weight excluding hydrogens is 208 g/mol. The van der Waals surface area contributed by atoms with E-state index in [1.165, 1.54) is 0 Å².